The highest BCUT2D eigenvalue weighted by Gasteiger charge is 2.25. The molecular formula is C24H32N4O3. The highest BCUT2D eigenvalue weighted by atomic mass is 16.3. The number of nitrogens with two attached hydrogens (primary N) is 1. The Morgan fingerprint density at radius 2 is 1.71 bits per heavy atom. The van der Waals surface area contributed by atoms with Crippen molar-refractivity contribution in [1.29, 1.82) is 0 Å². The lowest BCUT2D eigenvalue weighted by atomic mass is 10.1. The zero-order valence-corrected chi connectivity index (χ0v) is 18.1. The van der Waals surface area contributed by atoms with Gasteiger partial charge in [-0.25, -0.2) is 0 Å². The van der Waals surface area contributed by atoms with E-state index in [1.54, 1.807) is 16.7 Å². The van der Waals surface area contributed by atoms with E-state index in [4.69, 9.17) is 5.73 Å². The molecule has 2 amide bonds. The molecule has 31 heavy (non-hydrogen) atoms. The van der Waals surface area contributed by atoms with Crippen LogP contribution in [0.5, 0.6) is 0 Å². The van der Waals surface area contributed by atoms with Crippen LogP contribution in [0.4, 0.5) is 5.69 Å². The number of aliphatic hydroxyl groups excluding tert-OH is 1. The molecule has 3 N–H and O–H groups in total. The summed E-state index contributed by atoms with van der Waals surface area (Å²) in [5, 5.41) is 9.43. The van der Waals surface area contributed by atoms with Crippen molar-refractivity contribution < 1.29 is 14.7 Å². The van der Waals surface area contributed by atoms with E-state index in [9.17, 15) is 14.7 Å². The first-order valence-electron chi connectivity index (χ1n) is 10.8. The van der Waals surface area contributed by atoms with Crippen LogP contribution in [-0.4, -0.2) is 65.5 Å². The van der Waals surface area contributed by atoms with Crippen molar-refractivity contribution >= 4 is 17.5 Å². The Bertz CT molecular complexity index is 874. The van der Waals surface area contributed by atoms with Crippen LogP contribution >= 0.6 is 0 Å². The third-order valence-corrected chi connectivity index (χ3v) is 5.64. The molecule has 166 valence electrons. The fourth-order valence-corrected chi connectivity index (χ4v) is 3.97. The summed E-state index contributed by atoms with van der Waals surface area (Å²) in [7, 11) is 0. The highest BCUT2D eigenvalue weighted by Crippen LogP contribution is 2.24. The van der Waals surface area contributed by atoms with Crippen LogP contribution in [0, 0.1) is 0 Å². The van der Waals surface area contributed by atoms with E-state index in [0.717, 1.165) is 30.8 Å². The standard InChI is InChI=1S/C24H32N4O3/c1-19(30)28-13-7-12-26(16-20-8-3-2-4-9-20)14-15-27(24(31)22(25)18-29)17-21-10-5-6-11-23(21)28/h2-6,8-11,22,29H,7,12-18,25H2,1H3/t22-/m1/s1. The summed E-state index contributed by atoms with van der Waals surface area (Å²) in [5.74, 6) is -0.308. The van der Waals surface area contributed by atoms with E-state index < -0.39 is 12.6 Å². The number of rotatable bonds is 4. The quantitative estimate of drug-likeness (QED) is 0.778. The Labute approximate surface area is 184 Å². The first-order chi connectivity index (χ1) is 15.0. The molecule has 0 saturated heterocycles. The Hall–Kier alpha value is -2.74. The van der Waals surface area contributed by atoms with Gasteiger partial charge in [0, 0.05) is 51.9 Å². The lowest BCUT2D eigenvalue weighted by molar-refractivity contribution is -0.134. The third kappa shape index (κ3) is 6.13. The van der Waals surface area contributed by atoms with Crippen molar-refractivity contribution in [2.75, 3.05) is 37.7 Å². The highest BCUT2D eigenvalue weighted by molar-refractivity contribution is 5.92. The normalized spacial score (nSPS) is 16.9. The molecule has 7 nitrogen and oxygen atoms in total. The molecule has 1 aliphatic rings. The number of anilines is 1. The van der Waals surface area contributed by atoms with Gasteiger partial charge in [0.25, 0.3) is 0 Å². The number of carbonyl (C=O) groups excluding carboxylic acids is 2. The van der Waals surface area contributed by atoms with Gasteiger partial charge in [0.2, 0.25) is 11.8 Å². The maximum absolute atomic E-state index is 12.9. The summed E-state index contributed by atoms with van der Waals surface area (Å²) in [4.78, 5) is 31.1. The summed E-state index contributed by atoms with van der Waals surface area (Å²) in [5.41, 5.74) is 8.79. The smallest absolute Gasteiger partial charge is 0.242 e. The number of para-hydroxylation sites is 1. The molecule has 2 aromatic carbocycles. The van der Waals surface area contributed by atoms with Gasteiger partial charge in [-0.15, -0.1) is 0 Å². The van der Waals surface area contributed by atoms with Gasteiger partial charge >= 0.3 is 0 Å². The van der Waals surface area contributed by atoms with E-state index in [2.05, 4.69) is 17.0 Å². The zero-order valence-electron chi connectivity index (χ0n) is 18.1. The lowest BCUT2D eigenvalue weighted by Gasteiger charge is -2.29. The van der Waals surface area contributed by atoms with E-state index >= 15 is 0 Å². The van der Waals surface area contributed by atoms with Crippen molar-refractivity contribution in [3.63, 3.8) is 0 Å². The molecule has 0 aliphatic carbocycles. The summed E-state index contributed by atoms with van der Waals surface area (Å²) >= 11 is 0. The monoisotopic (exact) mass is 424 g/mol. The maximum Gasteiger partial charge on any atom is 0.242 e. The Morgan fingerprint density at radius 3 is 2.42 bits per heavy atom. The van der Waals surface area contributed by atoms with Crippen molar-refractivity contribution in [1.82, 2.24) is 9.80 Å². The molecule has 1 aliphatic heterocycles. The number of hydrogen-bond acceptors (Lipinski definition) is 5. The van der Waals surface area contributed by atoms with Crippen LogP contribution in [0.1, 0.15) is 24.5 Å². The van der Waals surface area contributed by atoms with E-state index in [-0.39, 0.29) is 11.8 Å². The zero-order chi connectivity index (χ0) is 22.2. The number of benzene rings is 2. The van der Waals surface area contributed by atoms with Gasteiger partial charge in [-0.05, 0) is 23.6 Å². The molecule has 2 aromatic rings. The van der Waals surface area contributed by atoms with E-state index in [1.165, 1.54) is 5.56 Å². The molecule has 1 heterocycles. The second-order valence-corrected chi connectivity index (χ2v) is 7.96. The van der Waals surface area contributed by atoms with Crippen LogP contribution in [0.15, 0.2) is 54.6 Å². The molecule has 0 radical (unpaired) electrons. The van der Waals surface area contributed by atoms with Crippen molar-refractivity contribution in [2.45, 2.75) is 32.5 Å². The Balaban J connectivity index is 1.90. The summed E-state index contributed by atoms with van der Waals surface area (Å²) in [6.45, 7) is 4.87. The fourth-order valence-electron chi connectivity index (χ4n) is 3.97. The van der Waals surface area contributed by atoms with Gasteiger partial charge in [0.1, 0.15) is 6.04 Å². The third-order valence-electron chi connectivity index (χ3n) is 5.64. The fraction of sp³-hybridized carbons (Fsp3) is 0.417. The van der Waals surface area contributed by atoms with Crippen LogP contribution in [0.3, 0.4) is 0 Å². The SMILES string of the molecule is CC(=O)N1CCCN(Cc2ccccc2)CCN(C(=O)[C@H](N)CO)Cc2ccccc21. The molecule has 3 rings (SSSR count). The van der Waals surface area contributed by atoms with Crippen LogP contribution in [-0.2, 0) is 22.7 Å². The molecule has 1 atom stereocenters. The minimum Gasteiger partial charge on any atom is -0.394 e. The number of fused-ring (bicyclic) bond motifs is 1. The molecule has 0 unspecified atom stereocenters. The Kier molecular flexibility index (Phi) is 8.17. The first-order valence-corrected chi connectivity index (χ1v) is 10.8. The number of carbonyl (C=O) groups is 2. The van der Waals surface area contributed by atoms with Crippen LogP contribution in [0.2, 0.25) is 0 Å². The number of hydrogen-bond donors (Lipinski definition) is 2. The predicted molar refractivity (Wildman–Crippen MR) is 121 cm³/mol. The number of nitrogens with zero attached hydrogens (tertiary/aromatic N) is 3. The molecule has 0 fully saturated rings. The number of amides is 2. The minimum absolute atomic E-state index is 0.0220. The first kappa shape index (κ1) is 22.9. The van der Waals surface area contributed by atoms with Crippen molar-refractivity contribution in [3.05, 3.63) is 65.7 Å². The molecular weight excluding hydrogens is 392 g/mol. The van der Waals surface area contributed by atoms with E-state index in [0.29, 0.717) is 26.2 Å². The average Bonchev–Trinajstić information content (AvgIpc) is 2.82. The van der Waals surface area contributed by atoms with Crippen LogP contribution in [0.25, 0.3) is 0 Å². The van der Waals surface area contributed by atoms with Crippen molar-refractivity contribution in [2.24, 2.45) is 5.73 Å². The lowest BCUT2D eigenvalue weighted by Crippen LogP contribution is -2.47. The molecule has 0 saturated carbocycles. The molecule has 7 heteroatoms. The van der Waals surface area contributed by atoms with Gasteiger partial charge in [0.05, 0.1) is 6.61 Å². The topological polar surface area (TPSA) is 90.1 Å². The van der Waals surface area contributed by atoms with Crippen molar-refractivity contribution in [3.8, 4) is 0 Å². The van der Waals surface area contributed by atoms with Gasteiger partial charge in [-0.2, -0.15) is 0 Å². The van der Waals surface area contributed by atoms with Gasteiger partial charge in [-0.1, -0.05) is 48.5 Å². The predicted octanol–water partition coefficient (Wildman–Crippen LogP) is 1.59. The summed E-state index contributed by atoms with van der Waals surface area (Å²) < 4.78 is 0. The molecule has 0 bridgehead atoms. The average molecular weight is 425 g/mol. The Morgan fingerprint density at radius 1 is 1.00 bits per heavy atom. The van der Waals surface area contributed by atoms with Crippen LogP contribution < -0.4 is 10.6 Å². The van der Waals surface area contributed by atoms with Gasteiger partial charge < -0.3 is 20.6 Å². The summed E-state index contributed by atoms with van der Waals surface area (Å²) in [6, 6.07) is 16.9. The van der Waals surface area contributed by atoms with E-state index in [1.807, 2.05) is 42.5 Å². The van der Waals surface area contributed by atoms with Gasteiger partial charge in [-0.3, -0.25) is 14.5 Å². The maximum atomic E-state index is 12.9. The molecule has 0 aromatic heterocycles. The second kappa shape index (κ2) is 11.0. The molecule has 0 spiro atoms. The summed E-state index contributed by atoms with van der Waals surface area (Å²) in [6.07, 6.45) is 0.824. The largest absolute Gasteiger partial charge is 0.394 e. The second-order valence-electron chi connectivity index (χ2n) is 7.96. The number of aliphatic hydroxyl groups is 1. The minimum atomic E-state index is -0.955. The van der Waals surface area contributed by atoms with Gasteiger partial charge in [0.15, 0.2) is 0 Å².